The van der Waals surface area contributed by atoms with Crippen LogP contribution in [0.5, 0.6) is 5.75 Å². The average molecular weight is 284 g/mol. The number of benzene rings is 2. The Morgan fingerprint density at radius 1 is 1.10 bits per heavy atom. The number of ether oxygens (including phenoxy) is 1. The zero-order valence-corrected chi connectivity index (χ0v) is 11.9. The molecule has 1 aliphatic rings. The van der Waals surface area contributed by atoms with Crippen LogP contribution in [0.4, 0.5) is 11.4 Å². The Morgan fingerprint density at radius 2 is 1.71 bits per heavy atom. The van der Waals surface area contributed by atoms with Crippen LogP contribution in [0.2, 0.25) is 0 Å². The highest BCUT2D eigenvalue weighted by molar-refractivity contribution is 5.60. The molecule has 0 radical (unpaired) electrons. The van der Waals surface area contributed by atoms with Gasteiger partial charge in [0, 0.05) is 17.8 Å². The molecule has 2 aromatic rings. The average Bonchev–Trinajstić information content (AvgIpc) is 3.18. The van der Waals surface area contributed by atoms with Crippen molar-refractivity contribution in [3.63, 3.8) is 0 Å². The summed E-state index contributed by atoms with van der Waals surface area (Å²) in [5.74, 6) is 0.842. The lowest BCUT2D eigenvalue weighted by molar-refractivity contribution is -0.384. The van der Waals surface area contributed by atoms with Gasteiger partial charge in [-0.2, -0.15) is 0 Å². The zero-order chi connectivity index (χ0) is 15.0. The summed E-state index contributed by atoms with van der Waals surface area (Å²) >= 11 is 0. The Kier molecular flexibility index (Phi) is 3.25. The molecule has 0 unspecified atom stereocenters. The van der Waals surface area contributed by atoms with Gasteiger partial charge in [-0.25, -0.2) is 0 Å². The maximum absolute atomic E-state index is 10.7. The van der Waals surface area contributed by atoms with Crippen LogP contribution in [0.1, 0.15) is 18.5 Å². The van der Waals surface area contributed by atoms with Crippen LogP contribution in [0.15, 0.2) is 48.5 Å². The molecule has 0 aliphatic carbocycles. The molecule has 2 aromatic carbocycles. The summed E-state index contributed by atoms with van der Waals surface area (Å²) < 4.78 is 5.17. The molecule has 0 N–H and O–H groups in total. The maximum Gasteiger partial charge on any atom is 0.269 e. The van der Waals surface area contributed by atoms with Gasteiger partial charge in [0.1, 0.15) is 5.75 Å². The number of hydrogen-bond donors (Lipinski definition) is 0. The van der Waals surface area contributed by atoms with Crippen molar-refractivity contribution >= 4 is 11.4 Å². The van der Waals surface area contributed by atoms with Crippen LogP contribution in [0.3, 0.4) is 0 Å². The number of non-ortho nitro benzene ring substituents is 1. The number of hydrogen-bond acceptors (Lipinski definition) is 4. The molecule has 5 heteroatoms. The smallest absolute Gasteiger partial charge is 0.269 e. The predicted molar refractivity (Wildman–Crippen MR) is 80.8 cm³/mol. The fourth-order valence-corrected chi connectivity index (χ4v) is 2.73. The molecule has 0 bridgehead atoms. The van der Waals surface area contributed by atoms with E-state index in [9.17, 15) is 10.1 Å². The number of anilines is 1. The van der Waals surface area contributed by atoms with Gasteiger partial charge in [0.15, 0.2) is 0 Å². The van der Waals surface area contributed by atoms with E-state index in [-0.39, 0.29) is 10.6 Å². The number of rotatable bonds is 4. The molecule has 0 aromatic heterocycles. The number of nitrogens with zero attached hydrogens (tertiary/aromatic N) is 2. The molecule has 0 spiro atoms. The number of nitro groups is 1. The quantitative estimate of drug-likeness (QED) is 0.489. The summed E-state index contributed by atoms with van der Waals surface area (Å²) in [5, 5.41) is 10.7. The van der Waals surface area contributed by atoms with Crippen molar-refractivity contribution in [2.45, 2.75) is 19.0 Å². The fourth-order valence-electron chi connectivity index (χ4n) is 2.73. The lowest BCUT2D eigenvalue weighted by atomic mass is 10.1. The Morgan fingerprint density at radius 3 is 2.24 bits per heavy atom. The molecular formula is C16H16N2O3. The molecule has 0 amide bonds. The maximum atomic E-state index is 10.7. The van der Waals surface area contributed by atoms with E-state index < -0.39 is 0 Å². The van der Waals surface area contributed by atoms with E-state index in [4.69, 9.17) is 4.74 Å². The molecule has 1 heterocycles. The minimum absolute atomic E-state index is 0.120. The summed E-state index contributed by atoms with van der Waals surface area (Å²) in [4.78, 5) is 12.6. The van der Waals surface area contributed by atoms with Gasteiger partial charge in [0.2, 0.25) is 0 Å². The molecule has 5 nitrogen and oxygen atoms in total. The second-order valence-electron chi connectivity index (χ2n) is 5.14. The summed E-state index contributed by atoms with van der Waals surface area (Å²) in [6, 6.07) is 15.4. The standard InChI is InChI=1S/C16H16N2O3/c1-11-16(12-3-9-15(21-2)10-4-12)17(11)13-5-7-14(8-6-13)18(19)20/h3-11,16H,1-2H3/t11-,16+,17?/m0/s1. The number of methoxy groups -OCH3 is 1. The SMILES string of the molecule is COc1ccc([C@H]2[C@H](C)N2c2ccc([N+](=O)[O-])cc2)cc1. The second-order valence-corrected chi connectivity index (χ2v) is 5.14. The highest BCUT2D eigenvalue weighted by Gasteiger charge is 2.44. The van der Waals surface area contributed by atoms with Gasteiger partial charge in [0.25, 0.3) is 5.69 Å². The molecule has 1 fully saturated rings. The summed E-state index contributed by atoms with van der Waals surface area (Å²) in [6.45, 7) is 2.15. The van der Waals surface area contributed by atoms with Gasteiger partial charge in [-0.3, -0.25) is 10.1 Å². The van der Waals surface area contributed by atoms with Crippen molar-refractivity contribution in [3.05, 3.63) is 64.2 Å². The van der Waals surface area contributed by atoms with Gasteiger partial charge >= 0.3 is 0 Å². The van der Waals surface area contributed by atoms with Crippen molar-refractivity contribution < 1.29 is 9.66 Å². The lowest BCUT2D eigenvalue weighted by Gasteiger charge is -2.06. The Labute approximate surface area is 122 Å². The second kappa shape index (κ2) is 5.09. The van der Waals surface area contributed by atoms with Crippen molar-refractivity contribution in [3.8, 4) is 5.75 Å². The van der Waals surface area contributed by atoms with Gasteiger partial charge in [-0.15, -0.1) is 0 Å². The van der Waals surface area contributed by atoms with Crippen LogP contribution in [0, 0.1) is 10.1 Å². The third-order valence-corrected chi connectivity index (χ3v) is 3.92. The summed E-state index contributed by atoms with van der Waals surface area (Å²) in [7, 11) is 1.65. The van der Waals surface area contributed by atoms with Crippen molar-refractivity contribution in [1.82, 2.24) is 0 Å². The first kappa shape index (κ1) is 13.4. The molecule has 0 saturated carbocycles. The highest BCUT2D eigenvalue weighted by atomic mass is 16.6. The van der Waals surface area contributed by atoms with E-state index in [1.165, 1.54) is 5.56 Å². The lowest BCUT2D eigenvalue weighted by Crippen LogP contribution is -1.97. The Balaban J connectivity index is 1.79. The minimum Gasteiger partial charge on any atom is -0.497 e. The van der Waals surface area contributed by atoms with Crippen LogP contribution < -0.4 is 9.64 Å². The molecule has 3 rings (SSSR count). The van der Waals surface area contributed by atoms with Crippen LogP contribution in [-0.4, -0.2) is 18.1 Å². The molecule has 21 heavy (non-hydrogen) atoms. The first-order valence-corrected chi connectivity index (χ1v) is 6.78. The Hall–Kier alpha value is -2.56. The van der Waals surface area contributed by atoms with Gasteiger partial charge in [-0.1, -0.05) is 12.1 Å². The van der Waals surface area contributed by atoms with E-state index >= 15 is 0 Å². The van der Waals surface area contributed by atoms with Crippen LogP contribution in [0.25, 0.3) is 0 Å². The fraction of sp³-hybridized carbons (Fsp3) is 0.250. The monoisotopic (exact) mass is 284 g/mol. The third-order valence-electron chi connectivity index (χ3n) is 3.92. The van der Waals surface area contributed by atoms with Gasteiger partial charge in [-0.05, 0) is 36.8 Å². The summed E-state index contributed by atoms with van der Waals surface area (Å²) in [6.07, 6.45) is 0. The third kappa shape index (κ3) is 2.42. The van der Waals surface area contributed by atoms with Crippen molar-refractivity contribution in [2.24, 2.45) is 0 Å². The van der Waals surface area contributed by atoms with Gasteiger partial charge in [0.05, 0.1) is 24.1 Å². The predicted octanol–water partition coefficient (Wildman–Crippen LogP) is 3.55. The van der Waals surface area contributed by atoms with Crippen molar-refractivity contribution in [2.75, 3.05) is 12.0 Å². The number of nitro benzene ring substituents is 1. The molecule has 108 valence electrons. The molecule has 2 atom stereocenters. The van der Waals surface area contributed by atoms with Crippen molar-refractivity contribution in [1.29, 1.82) is 0 Å². The highest BCUT2D eigenvalue weighted by Crippen LogP contribution is 2.47. The van der Waals surface area contributed by atoms with Gasteiger partial charge < -0.3 is 9.64 Å². The van der Waals surface area contributed by atoms with E-state index in [1.54, 1.807) is 31.4 Å². The van der Waals surface area contributed by atoms with E-state index in [2.05, 4.69) is 24.0 Å². The first-order chi connectivity index (χ1) is 10.1. The molecular weight excluding hydrogens is 268 g/mol. The zero-order valence-electron chi connectivity index (χ0n) is 11.9. The molecule has 1 saturated heterocycles. The van der Waals surface area contributed by atoms with E-state index in [0.717, 1.165) is 11.4 Å². The minimum atomic E-state index is -0.379. The largest absolute Gasteiger partial charge is 0.497 e. The van der Waals surface area contributed by atoms with E-state index in [0.29, 0.717) is 12.1 Å². The normalized spacial score (nSPS) is 20.2. The van der Waals surface area contributed by atoms with Crippen LogP contribution in [-0.2, 0) is 0 Å². The topological polar surface area (TPSA) is 55.4 Å². The van der Waals surface area contributed by atoms with Crippen LogP contribution >= 0.6 is 0 Å². The van der Waals surface area contributed by atoms with E-state index in [1.807, 2.05) is 12.1 Å². The summed E-state index contributed by atoms with van der Waals surface area (Å²) in [5.41, 5.74) is 2.35. The first-order valence-electron chi connectivity index (χ1n) is 6.78. The molecule has 1 aliphatic heterocycles. The Bertz CT molecular complexity index is 652.